The first kappa shape index (κ1) is 12.6. The van der Waals surface area contributed by atoms with Gasteiger partial charge in [-0.15, -0.1) is 0 Å². The molecule has 0 aliphatic rings. The molecule has 0 radical (unpaired) electrons. The molecule has 0 amide bonds. The monoisotopic (exact) mass is 222 g/mol. The number of hydrogen-bond acceptors (Lipinski definition) is 4. The minimum Gasteiger partial charge on any atom is -0.462 e. The Morgan fingerprint density at radius 3 is 2.81 bits per heavy atom. The first-order valence-corrected chi connectivity index (χ1v) is 5.68. The lowest BCUT2D eigenvalue weighted by Crippen LogP contribution is -2.11. The van der Waals surface area contributed by atoms with E-state index in [4.69, 9.17) is 4.74 Å². The van der Waals surface area contributed by atoms with E-state index < -0.39 is 0 Å². The highest BCUT2D eigenvalue weighted by Crippen LogP contribution is 2.10. The molecule has 1 aromatic rings. The van der Waals surface area contributed by atoms with Gasteiger partial charge in [0.15, 0.2) is 0 Å². The molecule has 16 heavy (non-hydrogen) atoms. The Morgan fingerprint density at radius 2 is 2.19 bits per heavy atom. The Labute approximate surface area is 96.1 Å². The van der Waals surface area contributed by atoms with Crippen molar-refractivity contribution in [3.8, 4) is 0 Å². The summed E-state index contributed by atoms with van der Waals surface area (Å²) in [5, 5.41) is 0. The first-order chi connectivity index (χ1) is 7.69. The molecule has 0 aliphatic heterocycles. The Hall–Kier alpha value is -1.45. The summed E-state index contributed by atoms with van der Waals surface area (Å²) in [6, 6.07) is 0. The number of ether oxygens (including phenoxy) is 1. The maximum Gasteiger partial charge on any atom is 0.341 e. The largest absolute Gasteiger partial charge is 0.462 e. The molecule has 0 spiro atoms. The van der Waals surface area contributed by atoms with Crippen LogP contribution >= 0.6 is 0 Å². The second-order valence-electron chi connectivity index (χ2n) is 3.60. The van der Waals surface area contributed by atoms with Crippen molar-refractivity contribution in [3.63, 3.8) is 0 Å². The summed E-state index contributed by atoms with van der Waals surface area (Å²) in [6.07, 6.45) is 4.45. The first-order valence-electron chi connectivity index (χ1n) is 5.68. The van der Waals surface area contributed by atoms with E-state index >= 15 is 0 Å². The Balaban J connectivity index is 2.92. The average Bonchev–Trinajstić information content (AvgIpc) is 2.26. The minimum atomic E-state index is -0.325. The summed E-state index contributed by atoms with van der Waals surface area (Å²) in [7, 11) is 0. The van der Waals surface area contributed by atoms with Crippen LogP contribution < -0.4 is 0 Å². The normalized spacial score (nSPS) is 10.2. The molecular formula is C12H18N2O2. The molecule has 1 aromatic heterocycles. The van der Waals surface area contributed by atoms with Gasteiger partial charge in [-0.2, -0.15) is 0 Å². The van der Waals surface area contributed by atoms with E-state index in [0.29, 0.717) is 18.0 Å². The predicted molar refractivity (Wildman–Crippen MR) is 61.3 cm³/mol. The number of carbonyl (C=O) groups is 1. The summed E-state index contributed by atoms with van der Waals surface area (Å²) in [5.74, 6) is 0.368. The van der Waals surface area contributed by atoms with Gasteiger partial charge in [-0.05, 0) is 26.7 Å². The smallest absolute Gasteiger partial charge is 0.341 e. The van der Waals surface area contributed by atoms with E-state index in [-0.39, 0.29) is 5.97 Å². The standard InChI is InChI=1S/C12H18N2O2/c1-4-6-7-11-10(12(15)16-5-2)8-13-9(3)14-11/h8H,4-7H2,1-3H3. The molecule has 0 aromatic carbocycles. The van der Waals surface area contributed by atoms with Crippen LogP contribution in [0.2, 0.25) is 0 Å². The lowest BCUT2D eigenvalue weighted by molar-refractivity contribution is 0.0524. The zero-order chi connectivity index (χ0) is 12.0. The fourth-order valence-corrected chi connectivity index (χ4v) is 1.43. The number of carbonyl (C=O) groups excluding carboxylic acids is 1. The van der Waals surface area contributed by atoms with Gasteiger partial charge in [0, 0.05) is 6.20 Å². The second-order valence-corrected chi connectivity index (χ2v) is 3.60. The third-order valence-corrected chi connectivity index (χ3v) is 2.25. The van der Waals surface area contributed by atoms with Crippen LogP contribution in [0.5, 0.6) is 0 Å². The van der Waals surface area contributed by atoms with Crippen molar-refractivity contribution >= 4 is 5.97 Å². The van der Waals surface area contributed by atoms with E-state index in [1.54, 1.807) is 13.1 Å². The molecule has 0 bridgehead atoms. The fraction of sp³-hybridized carbons (Fsp3) is 0.583. The topological polar surface area (TPSA) is 52.1 Å². The average molecular weight is 222 g/mol. The van der Waals surface area contributed by atoms with Crippen LogP contribution in [0.4, 0.5) is 0 Å². The number of esters is 1. The predicted octanol–water partition coefficient (Wildman–Crippen LogP) is 2.30. The zero-order valence-corrected chi connectivity index (χ0v) is 10.1. The second kappa shape index (κ2) is 6.20. The van der Waals surface area contributed by atoms with Crippen molar-refractivity contribution in [2.75, 3.05) is 6.61 Å². The molecule has 1 heterocycles. The summed E-state index contributed by atoms with van der Waals surface area (Å²) in [5.41, 5.74) is 1.30. The van der Waals surface area contributed by atoms with Gasteiger partial charge >= 0.3 is 5.97 Å². The summed E-state index contributed by atoms with van der Waals surface area (Å²) < 4.78 is 4.97. The van der Waals surface area contributed by atoms with Gasteiger partial charge in [0.25, 0.3) is 0 Å². The molecule has 0 saturated carbocycles. The van der Waals surface area contributed by atoms with Crippen molar-refractivity contribution in [1.82, 2.24) is 9.97 Å². The molecule has 4 heteroatoms. The van der Waals surface area contributed by atoms with Gasteiger partial charge in [-0.1, -0.05) is 13.3 Å². The third kappa shape index (κ3) is 3.29. The highest BCUT2D eigenvalue weighted by molar-refractivity contribution is 5.90. The molecule has 0 N–H and O–H groups in total. The molecular weight excluding hydrogens is 204 g/mol. The van der Waals surface area contributed by atoms with Gasteiger partial charge in [0.05, 0.1) is 17.9 Å². The SMILES string of the molecule is CCCCc1nc(C)ncc1C(=O)OCC. The van der Waals surface area contributed by atoms with Crippen LogP contribution in [-0.4, -0.2) is 22.5 Å². The Morgan fingerprint density at radius 1 is 1.44 bits per heavy atom. The lowest BCUT2D eigenvalue weighted by atomic mass is 10.1. The molecule has 0 fully saturated rings. The number of aryl methyl sites for hydroxylation is 2. The van der Waals surface area contributed by atoms with Crippen molar-refractivity contribution in [2.45, 2.75) is 40.0 Å². The van der Waals surface area contributed by atoms with Gasteiger partial charge in [-0.3, -0.25) is 0 Å². The van der Waals surface area contributed by atoms with Gasteiger partial charge < -0.3 is 4.74 Å². The van der Waals surface area contributed by atoms with Gasteiger partial charge in [-0.25, -0.2) is 14.8 Å². The molecule has 0 aliphatic carbocycles. The maximum atomic E-state index is 11.6. The van der Waals surface area contributed by atoms with E-state index in [1.165, 1.54) is 0 Å². The Bertz CT molecular complexity index is 364. The van der Waals surface area contributed by atoms with Crippen molar-refractivity contribution < 1.29 is 9.53 Å². The highest BCUT2D eigenvalue weighted by atomic mass is 16.5. The summed E-state index contributed by atoms with van der Waals surface area (Å²) in [4.78, 5) is 20.0. The number of unbranched alkanes of at least 4 members (excludes halogenated alkanes) is 1. The zero-order valence-electron chi connectivity index (χ0n) is 10.1. The van der Waals surface area contributed by atoms with Crippen molar-refractivity contribution in [3.05, 3.63) is 23.3 Å². The fourth-order valence-electron chi connectivity index (χ4n) is 1.43. The minimum absolute atomic E-state index is 0.325. The van der Waals surface area contributed by atoms with Crippen molar-refractivity contribution in [1.29, 1.82) is 0 Å². The number of rotatable bonds is 5. The van der Waals surface area contributed by atoms with E-state index in [0.717, 1.165) is 25.0 Å². The van der Waals surface area contributed by atoms with Crippen LogP contribution in [0.3, 0.4) is 0 Å². The number of hydrogen-bond donors (Lipinski definition) is 0. The van der Waals surface area contributed by atoms with Crippen LogP contribution in [-0.2, 0) is 11.2 Å². The van der Waals surface area contributed by atoms with Crippen LogP contribution in [0.25, 0.3) is 0 Å². The lowest BCUT2D eigenvalue weighted by Gasteiger charge is -2.07. The van der Waals surface area contributed by atoms with Gasteiger partial charge in [0.2, 0.25) is 0 Å². The highest BCUT2D eigenvalue weighted by Gasteiger charge is 2.14. The summed E-state index contributed by atoms with van der Waals surface area (Å²) >= 11 is 0. The quantitative estimate of drug-likeness (QED) is 0.717. The Kier molecular flexibility index (Phi) is 4.89. The third-order valence-electron chi connectivity index (χ3n) is 2.25. The van der Waals surface area contributed by atoms with E-state index in [2.05, 4.69) is 16.9 Å². The molecule has 0 unspecified atom stereocenters. The van der Waals surface area contributed by atoms with Gasteiger partial charge in [0.1, 0.15) is 5.82 Å². The van der Waals surface area contributed by atoms with Crippen LogP contribution in [0.15, 0.2) is 6.20 Å². The maximum absolute atomic E-state index is 11.6. The van der Waals surface area contributed by atoms with E-state index in [9.17, 15) is 4.79 Å². The molecule has 88 valence electrons. The van der Waals surface area contributed by atoms with E-state index in [1.807, 2.05) is 6.92 Å². The molecule has 4 nitrogen and oxygen atoms in total. The van der Waals surface area contributed by atoms with Crippen LogP contribution in [0.1, 0.15) is 48.6 Å². The number of nitrogens with zero attached hydrogens (tertiary/aromatic N) is 2. The summed E-state index contributed by atoms with van der Waals surface area (Å²) in [6.45, 7) is 6.10. The molecule has 0 atom stereocenters. The van der Waals surface area contributed by atoms with Crippen molar-refractivity contribution in [2.24, 2.45) is 0 Å². The number of aromatic nitrogens is 2. The van der Waals surface area contributed by atoms with Crippen LogP contribution in [0, 0.1) is 6.92 Å². The molecule has 1 rings (SSSR count). The molecule has 0 saturated heterocycles.